The number of aliphatic hydroxyl groups is 1. The molecule has 0 spiro atoms. The molecule has 0 saturated heterocycles. The summed E-state index contributed by atoms with van der Waals surface area (Å²) in [6, 6.07) is 9.62. The Balaban J connectivity index is 2.65. The Bertz CT molecular complexity index is 420. The van der Waals surface area contributed by atoms with Crippen LogP contribution < -0.4 is 0 Å². The highest BCUT2D eigenvalue weighted by atomic mass is 16.3. The lowest BCUT2D eigenvalue weighted by atomic mass is 9.90. The summed E-state index contributed by atoms with van der Waals surface area (Å²) in [6.07, 6.45) is 4.27. The maximum Gasteiger partial charge on any atom is 0.161 e. The fraction of sp³-hybridized carbons (Fsp3) is 0.312. The van der Waals surface area contributed by atoms with Gasteiger partial charge in [0.05, 0.1) is 6.10 Å². The number of carbonyl (C=O) groups is 1. The SMILES string of the molecule is C=C[C@@H](C)[C@H](O)[C@@H](C)C(=O)/C=C/c1ccccc1. The van der Waals surface area contributed by atoms with Gasteiger partial charge in [0.2, 0.25) is 0 Å². The van der Waals surface area contributed by atoms with Gasteiger partial charge < -0.3 is 5.11 Å². The second-order valence-electron chi connectivity index (χ2n) is 4.52. The van der Waals surface area contributed by atoms with Crippen LogP contribution in [0.1, 0.15) is 19.4 Å². The highest BCUT2D eigenvalue weighted by Gasteiger charge is 2.23. The summed E-state index contributed by atoms with van der Waals surface area (Å²) in [7, 11) is 0. The van der Waals surface area contributed by atoms with Crippen LogP contribution >= 0.6 is 0 Å². The van der Waals surface area contributed by atoms with Crippen molar-refractivity contribution in [2.75, 3.05) is 0 Å². The molecule has 0 unspecified atom stereocenters. The van der Waals surface area contributed by atoms with Crippen molar-refractivity contribution >= 4 is 11.9 Å². The number of hydrogen-bond donors (Lipinski definition) is 1. The van der Waals surface area contributed by atoms with Crippen LogP contribution in [0.5, 0.6) is 0 Å². The molecule has 3 atom stereocenters. The van der Waals surface area contributed by atoms with Crippen LogP contribution in [-0.2, 0) is 4.79 Å². The predicted molar refractivity (Wildman–Crippen MR) is 75.0 cm³/mol. The second-order valence-corrected chi connectivity index (χ2v) is 4.52. The van der Waals surface area contributed by atoms with Crippen LogP contribution in [-0.4, -0.2) is 17.0 Å². The van der Waals surface area contributed by atoms with E-state index in [1.54, 1.807) is 19.1 Å². The molecule has 0 bridgehead atoms. The normalized spacial score (nSPS) is 16.2. The smallest absolute Gasteiger partial charge is 0.161 e. The average Bonchev–Trinajstić information content (AvgIpc) is 2.43. The van der Waals surface area contributed by atoms with Crippen LogP contribution in [0.2, 0.25) is 0 Å². The van der Waals surface area contributed by atoms with E-state index in [9.17, 15) is 9.90 Å². The van der Waals surface area contributed by atoms with Crippen LogP contribution in [0.3, 0.4) is 0 Å². The lowest BCUT2D eigenvalue weighted by Crippen LogP contribution is -2.29. The van der Waals surface area contributed by atoms with Crippen molar-refractivity contribution in [3.05, 3.63) is 54.6 Å². The topological polar surface area (TPSA) is 37.3 Å². The molecule has 0 aliphatic heterocycles. The summed E-state index contributed by atoms with van der Waals surface area (Å²) < 4.78 is 0. The Labute approximate surface area is 109 Å². The molecule has 2 nitrogen and oxygen atoms in total. The Kier molecular flexibility index (Phi) is 5.53. The summed E-state index contributed by atoms with van der Waals surface area (Å²) in [5.41, 5.74) is 0.976. The van der Waals surface area contributed by atoms with Gasteiger partial charge in [0, 0.05) is 11.8 Å². The number of rotatable bonds is 6. The predicted octanol–water partition coefficient (Wildman–Crippen LogP) is 3.09. The van der Waals surface area contributed by atoms with Crippen molar-refractivity contribution in [2.45, 2.75) is 20.0 Å². The third kappa shape index (κ3) is 3.97. The summed E-state index contributed by atoms with van der Waals surface area (Å²) in [4.78, 5) is 11.9. The highest BCUT2D eigenvalue weighted by Crippen LogP contribution is 2.15. The first kappa shape index (κ1) is 14.4. The maximum atomic E-state index is 11.9. The molecule has 0 amide bonds. The van der Waals surface area contributed by atoms with E-state index in [1.165, 1.54) is 6.08 Å². The highest BCUT2D eigenvalue weighted by molar-refractivity contribution is 5.95. The van der Waals surface area contributed by atoms with Gasteiger partial charge in [-0.3, -0.25) is 4.79 Å². The number of carbonyl (C=O) groups excluding carboxylic acids is 1. The van der Waals surface area contributed by atoms with Gasteiger partial charge in [0.1, 0.15) is 0 Å². The van der Waals surface area contributed by atoms with Crippen molar-refractivity contribution in [3.63, 3.8) is 0 Å². The molecule has 2 heteroatoms. The van der Waals surface area contributed by atoms with Gasteiger partial charge in [-0.25, -0.2) is 0 Å². The van der Waals surface area contributed by atoms with Gasteiger partial charge in [0.25, 0.3) is 0 Å². The summed E-state index contributed by atoms with van der Waals surface area (Å²) in [5.74, 6) is -0.577. The molecule has 1 aromatic carbocycles. The van der Waals surface area contributed by atoms with Gasteiger partial charge in [-0.05, 0) is 11.6 Å². The van der Waals surface area contributed by atoms with Crippen LogP contribution in [0.15, 0.2) is 49.1 Å². The maximum absolute atomic E-state index is 11.9. The standard InChI is InChI=1S/C16H20O2/c1-4-12(2)16(18)13(3)15(17)11-10-14-8-6-5-7-9-14/h4-13,16,18H,1H2,2-3H3/b11-10+/t12-,13+,16+/m1/s1. The summed E-state index contributed by atoms with van der Waals surface area (Å²) in [5, 5.41) is 9.93. The monoisotopic (exact) mass is 244 g/mol. The summed E-state index contributed by atoms with van der Waals surface area (Å²) in [6.45, 7) is 7.22. The average molecular weight is 244 g/mol. The third-order valence-electron chi connectivity index (χ3n) is 3.11. The Hall–Kier alpha value is -1.67. The van der Waals surface area contributed by atoms with Crippen LogP contribution in [0.4, 0.5) is 0 Å². The third-order valence-corrected chi connectivity index (χ3v) is 3.11. The van der Waals surface area contributed by atoms with E-state index < -0.39 is 12.0 Å². The lowest BCUT2D eigenvalue weighted by Gasteiger charge is -2.20. The second kappa shape index (κ2) is 6.92. The van der Waals surface area contributed by atoms with E-state index >= 15 is 0 Å². The van der Waals surface area contributed by atoms with Crippen molar-refractivity contribution < 1.29 is 9.90 Å². The van der Waals surface area contributed by atoms with Crippen molar-refractivity contribution in [2.24, 2.45) is 11.8 Å². The number of benzene rings is 1. The molecular formula is C16H20O2. The minimum absolute atomic E-state index is 0.0694. The van der Waals surface area contributed by atoms with Crippen molar-refractivity contribution in [1.82, 2.24) is 0 Å². The van der Waals surface area contributed by atoms with Crippen molar-refractivity contribution in [3.8, 4) is 0 Å². The Morgan fingerprint density at radius 1 is 1.28 bits per heavy atom. The number of hydrogen-bond acceptors (Lipinski definition) is 2. The fourth-order valence-corrected chi connectivity index (χ4v) is 1.66. The molecule has 1 N–H and O–H groups in total. The molecular weight excluding hydrogens is 224 g/mol. The molecule has 96 valence electrons. The molecule has 0 heterocycles. The minimum Gasteiger partial charge on any atom is -0.392 e. The van der Waals surface area contributed by atoms with E-state index in [1.807, 2.05) is 37.3 Å². The van der Waals surface area contributed by atoms with E-state index in [0.717, 1.165) is 5.56 Å². The molecule has 0 saturated carbocycles. The number of ketones is 1. The first-order valence-corrected chi connectivity index (χ1v) is 6.14. The minimum atomic E-state index is -0.685. The summed E-state index contributed by atoms with van der Waals surface area (Å²) >= 11 is 0. The zero-order chi connectivity index (χ0) is 13.5. The first-order valence-electron chi connectivity index (χ1n) is 6.14. The first-order chi connectivity index (χ1) is 8.56. The molecule has 0 aliphatic carbocycles. The molecule has 1 aromatic rings. The zero-order valence-electron chi connectivity index (χ0n) is 10.9. The molecule has 0 fully saturated rings. The largest absolute Gasteiger partial charge is 0.392 e. The number of allylic oxidation sites excluding steroid dienone is 1. The zero-order valence-corrected chi connectivity index (χ0v) is 10.9. The van der Waals surface area contributed by atoms with Gasteiger partial charge in [0.15, 0.2) is 5.78 Å². The van der Waals surface area contributed by atoms with Crippen LogP contribution in [0, 0.1) is 11.8 Å². The molecule has 0 radical (unpaired) electrons. The van der Waals surface area contributed by atoms with E-state index in [0.29, 0.717) is 0 Å². The molecule has 1 rings (SSSR count). The van der Waals surface area contributed by atoms with E-state index in [2.05, 4.69) is 6.58 Å². The fourth-order valence-electron chi connectivity index (χ4n) is 1.66. The Morgan fingerprint density at radius 3 is 2.44 bits per heavy atom. The molecule has 0 aromatic heterocycles. The van der Waals surface area contributed by atoms with E-state index in [-0.39, 0.29) is 11.7 Å². The number of aliphatic hydroxyl groups excluding tert-OH is 1. The lowest BCUT2D eigenvalue weighted by molar-refractivity contribution is -0.121. The molecule has 0 aliphatic rings. The van der Waals surface area contributed by atoms with Gasteiger partial charge in [-0.2, -0.15) is 0 Å². The van der Waals surface area contributed by atoms with Gasteiger partial charge in [-0.15, -0.1) is 6.58 Å². The Morgan fingerprint density at radius 2 is 1.89 bits per heavy atom. The van der Waals surface area contributed by atoms with Crippen LogP contribution in [0.25, 0.3) is 6.08 Å². The van der Waals surface area contributed by atoms with Gasteiger partial charge >= 0.3 is 0 Å². The van der Waals surface area contributed by atoms with E-state index in [4.69, 9.17) is 0 Å². The van der Waals surface area contributed by atoms with Crippen molar-refractivity contribution in [1.29, 1.82) is 0 Å². The van der Waals surface area contributed by atoms with Gasteiger partial charge in [-0.1, -0.05) is 56.3 Å². The molecule has 18 heavy (non-hydrogen) atoms. The quantitative estimate of drug-likeness (QED) is 0.616.